The van der Waals surface area contributed by atoms with Crippen LogP contribution in [0, 0.1) is 0 Å². The van der Waals surface area contributed by atoms with Gasteiger partial charge >= 0.3 is 0 Å². The van der Waals surface area contributed by atoms with E-state index in [9.17, 15) is 0 Å². The van der Waals surface area contributed by atoms with Crippen LogP contribution >= 0.6 is 0 Å². The van der Waals surface area contributed by atoms with E-state index in [0.29, 0.717) is 0 Å². The van der Waals surface area contributed by atoms with Crippen LogP contribution in [0.5, 0.6) is 0 Å². The van der Waals surface area contributed by atoms with Crippen LogP contribution in [0.1, 0.15) is 70.6 Å². The third-order valence-corrected chi connectivity index (χ3v) is 2.90. The molecule has 0 saturated heterocycles. The molecular formula is C16H28. The molecule has 0 spiro atoms. The van der Waals surface area contributed by atoms with Crippen LogP contribution in [0.3, 0.4) is 0 Å². The van der Waals surface area contributed by atoms with Crippen molar-refractivity contribution in [2.45, 2.75) is 70.6 Å². The van der Waals surface area contributed by atoms with Gasteiger partial charge < -0.3 is 0 Å². The van der Waals surface area contributed by atoms with Gasteiger partial charge in [-0.3, -0.25) is 0 Å². The first kappa shape index (κ1) is 15.3. The van der Waals surface area contributed by atoms with E-state index in [2.05, 4.69) is 18.9 Å². The Balaban J connectivity index is 2.93. The van der Waals surface area contributed by atoms with Gasteiger partial charge in [-0.2, -0.15) is 0 Å². The van der Waals surface area contributed by atoms with Crippen molar-refractivity contribution in [1.82, 2.24) is 0 Å². The fourth-order valence-corrected chi connectivity index (χ4v) is 1.87. The quantitative estimate of drug-likeness (QED) is 0.221. The Morgan fingerprint density at radius 1 is 0.688 bits per heavy atom. The molecule has 0 aliphatic carbocycles. The van der Waals surface area contributed by atoms with E-state index in [1.165, 1.54) is 64.2 Å². The van der Waals surface area contributed by atoms with Crippen molar-refractivity contribution in [3.05, 3.63) is 31.0 Å². The lowest BCUT2D eigenvalue weighted by Crippen LogP contribution is -1.81. The van der Waals surface area contributed by atoms with Gasteiger partial charge in [-0.25, -0.2) is 0 Å². The molecule has 0 aromatic carbocycles. The summed E-state index contributed by atoms with van der Waals surface area (Å²) in [5.74, 6) is 0. The Morgan fingerprint density at radius 3 is 1.56 bits per heavy atom. The monoisotopic (exact) mass is 220 g/mol. The van der Waals surface area contributed by atoms with E-state index < -0.39 is 0 Å². The second-order valence-electron chi connectivity index (χ2n) is 4.46. The first-order valence-electron chi connectivity index (χ1n) is 6.87. The van der Waals surface area contributed by atoms with Gasteiger partial charge in [0.1, 0.15) is 0 Å². The van der Waals surface area contributed by atoms with E-state index in [1.54, 1.807) is 0 Å². The summed E-state index contributed by atoms with van der Waals surface area (Å²) in [4.78, 5) is 0. The van der Waals surface area contributed by atoms with Crippen molar-refractivity contribution < 1.29 is 0 Å². The second kappa shape index (κ2) is 14.3. The number of hydrogen-bond acceptors (Lipinski definition) is 0. The van der Waals surface area contributed by atoms with Crippen molar-refractivity contribution >= 4 is 0 Å². The number of rotatable bonds is 12. The van der Waals surface area contributed by atoms with E-state index in [-0.39, 0.29) is 0 Å². The van der Waals surface area contributed by atoms with Crippen LogP contribution in [0.15, 0.2) is 31.0 Å². The Kier molecular flexibility index (Phi) is 13.6. The third-order valence-electron chi connectivity index (χ3n) is 2.90. The van der Waals surface area contributed by atoms with Crippen LogP contribution < -0.4 is 0 Å². The van der Waals surface area contributed by atoms with Crippen molar-refractivity contribution in [2.75, 3.05) is 0 Å². The number of unbranched alkanes of at least 4 members (excludes halogenated alkanes) is 10. The fraction of sp³-hybridized carbons (Fsp3) is 0.688. The lowest BCUT2D eigenvalue weighted by atomic mass is 10.1. The zero-order valence-corrected chi connectivity index (χ0v) is 10.8. The molecule has 0 fully saturated rings. The molecule has 16 heavy (non-hydrogen) atoms. The van der Waals surface area contributed by atoms with Gasteiger partial charge in [-0.15, -0.1) is 12.3 Å². The van der Waals surface area contributed by atoms with Gasteiger partial charge in [-0.1, -0.05) is 57.6 Å². The van der Waals surface area contributed by atoms with Gasteiger partial charge in [0.15, 0.2) is 0 Å². The van der Waals surface area contributed by atoms with Gasteiger partial charge in [0.2, 0.25) is 0 Å². The maximum atomic E-state index is 3.74. The molecular weight excluding hydrogens is 192 g/mol. The molecule has 0 aromatic heterocycles. The molecule has 0 aliphatic rings. The van der Waals surface area contributed by atoms with E-state index in [0.717, 1.165) is 6.42 Å². The Bertz CT molecular complexity index is 184. The molecule has 0 bridgehead atoms. The van der Waals surface area contributed by atoms with Crippen molar-refractivity contribution in [3.8, 4) is 0 Å². The zero-order valence-electron chi connectivity index (χ0n) is 10.8. The van der Waals surface area contributed by atoms with Gasteiger partial charge in [0, 0.05) is 0 Å². The van der Waals surface area contributed by atoms with Gasteiger partial charge in [-0.05, 0) is 31.8 Å². The largest absolute Gasteiger partial charge is 0.133 e. The van der Waals surface area contributed by atoms with Crippen LogP contribution in [0.2, 0.25) is 0 Å². The summed E-state index contributed by atoms with van der Waals surface area (Å²) in [6.45, 7) is 7.30. The van der Waals surface area contributed by atoms with Crippen LogP contribution in [0.4, 0.5) is 0 Å². The van der Waals surface area contributed by atoms with E-state index in [1.807, 2.05) is 12.2 Å². The minimum atomic E-state index is 1.16. The van der Waals surface area contributed by atoms with Gasteiger partial charge in [0.25, 0.3) is 0 Å². The normalized spacial score (nSPS) is 9.75. The summed E-state index contributed by atoms with van der Waals surface area (Å²) >= 11 is 0. The Morgan fingerprint density at radius 2 is 1.12 bits per heavy atom. The molecule has 92 valence electrons. The van der Waals surface area contributed by atoms with Crippen molar-refractivity contribution in [2.24, 2.45) is 0 Å². The number of hydrogen-bond donors (Lipinski definition) is 0. The highest BCUT2D eigenvalue weighted by Gasteiger charge is 1.91. The summed E-state index contributed by atoms with van der Waals surface area (Å²) in [6.07, 6.45) is 18.9. The lowest BCUT2D eigenvalue weighted by Gasteiger charge is -2.01. The first-order valence-corrected chi connectivity index (χ1v) is 6.87. The molecule has 0 saturated carbocycles. The van der Waals surface area contributed by atoms with Crippen LogP contribution in [0.25, 0.3) is 0 Å². The topological polar surface area (TPSA) is 0 Å². The molecule has 0 rings (SSSR count). The smallest absolute Gasteiger partial charge is 0.0275 e. The molecule has 0 atom stereocenters. The average molecular weight is 220 g/mol. The molecule has 0 nitrogen and oxygen atoms in total. The van der Waals surface area contributed by atoms with Crippen LogP contribution in [-0.2, 0) is 0 Å². The molecule has 0 amide bonds. The predicted molar refractivity (Wildman–Crippen MR) is 74.7 cm³/mol. The SMILES string of the molecule is C=C=CCCCCCCCCCCCC=C. The molecule has 0 aliphatic heterocycles. The summed E-state index contributed by atoms with van der Waals surface area (Å²) in [7, 11) is 0. The third kappa shape index (κ3) is 13.3. The molecule has 0 N–H and O–H groups in total. The molecule has 0 radical (unpaired) electrons. The maximum absolute atomic E-state index is 3.74. The van der Waals surface area contributed by atoms with Gasteiger partial charge in [0.05, 0.1) is 0 Å². The van der Waals surface area contributed by atoms with Crippen LogP contribution in [-0.4, -0.2) is 0 Å². The highest BCUT2D eigenvalue weighted by Crippen LogP contribution is 2.11. The fourth-order valence-electron chi connectivity index (χ4n) is 1.87. The maximum Gasteiger partial charge on any atom is -0.0275 e. The summed E-state index contributed by atoms with van der Waals surface area (Å²) in [6, 6.07) is 0. The predicted octanol–water partition coefficient (Wildman–Crippen LogP) is 5.80. The molecule has 0 heterocycles. The highest BCUT2D eigenvalue weighted by molar-refractivity contribution is 4.74. The summed E-state index contributed by atoms with van der Waals surface area (Å²) < 4.78 is 0. The van der Waals surface area contributed by atoms with E-state index in [4.69, 9.17) is 0 Å². The summed E-state index contributed by atoms with van der Waals surface area (Å²) in [5.41, 5.74) is 2.82. The first-order chi connectivity index (χ1) is 7.91. The lowest BCUT2D eigenvalue weighted by molar-refractivity contribution is 0.561. The molecule has 0 heteroatoms. The minimum absolute atomic E-state index is 1.16. The Labute approximate surface area is 102 Å². The standard InChI is InChI=1S/C16H28/c1-3-5-7-9-11-13-15-16-14-12-10-8-6-4-2/h3,6H,1-2,5,7-16H2. The number of allylic oxidation sites excluding steroid dienone is 2. The van der Waals surface area contributed by atoms with Crippen molar-refractivity contribution in [3.63, 3.8) is 0 Å². The van der Waals surface area contributed by atoms with Crippen molar-refractivity contribution in [1.29, 1.82) is 0 Å². The molecule has 0 aromatic rings. The highest BCUT2D eigenvalue weighted by atomic mass is 14.0. The Hall–Kier alpha value is -0.740. The average Bonchev–Trinajstić information content (AvgIpc) is 2.31. The molecule has 0 unspecified atom stereocenters. The minimum Gasteiger partial charge on any atom is -0.133 e. The second-order valence-corrected chi connectivity index (χ2v) is 4.46. The summed E-state index contributed by atoms with van der Waals surface area (Å²) in [5, 5.41) is 0. The van der Waals surface area contributed by atoms with E-state index >= 15 is 0 Å². The zero-order chi connectivity index (χ0) is 11.9.